The first-order valence-corrected chi connectivity index (χ1v) is 11.6. The van der Waals surface area contributed by atoms with E-state index in [1.807, 2.05) is 48.5 Å². The summed E-state index contributed by atoms with van der Waals surface area (Å²) in [5, 5.41) is 14.6. The minimum atomic E-state index is -1.18. The molecule has 7 heteroatoms. The van der Waals surface area contributed by atoms with E-state index in [9.17, 15) is 19.5 Å². The van der Waals surface area contributed by atoms with Crippen LogP contribution in [0.15, 0.2) is 48.5 Å². The lowest BCUT2D eigenvalue weighted by Crippen LogP contribution is -2.51. The Bertz CT molecular complexity index is 991. The number of hydrogen-bond donors (Lipinski definition) is 3. The molecule has 0 aliphatic heterocycles. The molecule has 0 heterocycles. The zero-order valence-electron chi connectivity index (χ0n) is 18.8. The van der Waals surface area contributed by atoms with Crippen molar-refractivity contribution in [2.24, 2.45) is 5.92 Å². The fraction of sp³-hybridized carbons (Fsp3) is 0.423. The molecule has 0 saturated heterocycles. The van der Waals surface area contributed by atoms with Gasteiger partial charge in [-0.2, -0.15) is 0 Å². The maximum atomic E-state index is 12.7. The Labute approximate surface area is 193 Å². The van der Waals surface area contributed by atoms with Gasteiger partial charge in [-0.25, -0.2) is 4.79 Å². The van der Waals surface area contributed by atoms with Gasteiger partial charge < -0.3 is 20.5 Å². The van der Waals surface area contributed by atoms with E-state index in [4.69, 9.17) is 4.74 Å². The molecule has 0 radical (unpaired) electrons. The number of benzene rings is 2. The quantitative estimate of drug-likeness (QED) is 0.590. The number of ether oxygens (including phenoxy) is 1. The van der Waals surface area contributed by atoms with Crippen LogP contribution in [0, 0.1) is 5.92 Å². The number of rotatable bonds is 7. The Morgan fingerprint density at radius 2 is 1.67 bits per heavy atom. The van der Waals surface area contributed by atoms with Gasteiger partial charge in [0.2, 0.25) is 5.91 Å². The molecule has 2 amide bonds. The number of aliphatic carboxylic acids is 1. The Balaban J connectivity index is 1.39. The summed E-state index contributed by atoms with van der Waals surface area (Å²) in [4.78, 5) is 36.6. The number of carboxylic acids is 1. The summed E-state index contributed by atoms with van der Waals surface area (Å²) < 4.78 is 5.49. The number of fused-ring (bicyclic) bond motifs is 3. The second-order valence-electron chi connectivity index (χ2n) is 9.10. The minimum Gasteiger partial charge on any atom is -0.481 e. The molecule has 0 spiro atoms. The minimum absolute atomic E-state index is 0.00172. The molecular formula is C26H30N2O5. The monoisotopic (exact) mass is 450 g/mol. The Morgan fingerprint density at radius 1 is 1.03 bits per heavy atom. The highest BCUT2D eigenvalue weighted by Gasteiger charge is 2.31. The molecule has 0 bridgehead atoms. The second kappa shape index (κ2) is 10.1. The normalized spacial score (nSPS) is 20.3. The number of carboxylic acid groups (broad SMARTS) is 1. The van der Waals surface area contributed by atoms with Gasteiger partial charge in [-0.15, -0.1) is 0 Å². The lowest BCUT2D eigenvalue weighted by Gasteiger charge is -2.29. The van der Waals surface area contributed by atoms with Crippen molar-refractivity contribution in [2.45, 2.75) is 57.0 Å². The van der Waals surface area contributed by atoms with Gasteiger partial charge in [-0.1, -0.05) is 68.3 Å². The van der Waals surface area contributed by atoms with Crippen LogP contribution < -0.4 is 10.6 Å². The van der Waals surface area contributed by atoms with E-state index in [0.717, 1.165) is 47.9 Å². The third kappa shape index (κ3) is 5.35. The Morgan fingerprint density at radius 3 is 2.27 bits per heavy atom. The third-order valence-corrected chi connectivity index (χ3v) is 6.61. The average molecular weight is 451 g/mol. The first kappa shape index (κ1) is 22.8. The van der Waals surface area contributed by atoms with Crippen molar-refractivity contribution in [3.05, 3.63) is 59.7 Å². The molecule has 1 saturated carbocycles. The van der Waals surface area contributed by atoms with Gasteiger partial charge in [0.1, 0.15) is 12.6 Å². The maximum absolute atomic E-state index is 12.7. The Kier molecular flexibility index (Phi) is 6.96. The average Bonchev–Trinajstić information content (AvgIpc) is 3.11. The number of alkyl carbamates (subject to hydrolysis) is 1. The molecule has 3 atom stereocenters. The summed E-state index contributed by atoms with van der Waals surface area (Å²) in [6.45, 7) is 2.24. The molecule has 1 fully saturated rings. The highest BCUT2D eigenvalue weighted by Crippen LogP contribution is 2.44. The van der Waals surface area contributed by atoms with Crippen LogP contribution in [0.3, 0.4) is 0 Å². The van der Waals surface area contributed by atoms with Gasteiger partial charge in [0.25, 0.3) is 0 Å². The molecule has 3 N–H and O–H groups in total. The zero-order valence-corrected chi connectivity index (χ0v) is 18.8. The zero-order chi connectivity index (χ0) is 23.4. The standard InChI is InChI=1S/C26H30N2O5/c1-16-7-6-8-17(13-16)27-25(31)23(14-24(29)30)28-26(32)33-15-22-20-11-4-2-9-18(20)19-10-3-5-12-21(19)22/h2-5,9-12,16-17,22-23H,6-8,13-15H2,1H3,(H,27,31)(H,28,32)(H,29,30). The van der Waals surface area contributed by atoms with Crippen LogP contribution in [-0.4, -0.2) is 41.8 Å². The predicted molar refractivity (Wildman–Crippen MR) is 124 cm³/mol. The molecule has 2 aromatic carbocycles. The summed E-state index contributed by atoms with van der Waals surface area (Å²) in [5.74, 6) is -1.24. The van der Waals surface area contributed by atoms with Crippen LogP contribution in [0.1, 0.15) is 56.1 Å². The van der Waals surface area contributed by atoms with Crippen molar-refractivity contribution < 1.29 is 24.2 Å². The van der Waals surface area contributed by atoms with E-state index in [2.05, 4.69) is 17.6 Å². The lowest BCUT2D eigenvalue weighted by atomic mass is 9.87. The van der Waals surface area contributed by atoms with Crippen LogP contribution in [0.25, 0.3) is 11.1 Å². The molecule has 2 aliphatic carbocycles. The number of carbonyl (C=O) groups is 3. The summed E-state index contributed by atoms with van der Waals surface area (Å²) >= 11 is 0. The first-order chi connectivity index (χ1) is 15.9. The van der Waals surface area contributed by atoms with Gasteiger partial charge in [0, 0.05) is 12.0 Å². The topological polar surface area (TPSA) is 105 Å². The summed E-state index contributed by atoms with van der Waals surface area (Å²) in [6, 6.07) is 14.8. The molecule has 7 nitrogen and oxygen atoms in total. The third-order valence-electron chi connectivity index (χ3n) is 6.61. The predicted octanol–water partition coefficient (Wildman–Crippen LogP) is 4.06. The highest BCUT2D eigenvalue weighted by molar-refractivity contribution is 5.89. The summed E-state index contributed by atoms with van der Waals surface area (Å²) in [7, 11) is 0. The molecule has 0 aromatic heterocycles. The molecule has 3 unspecified atom stereocenters. The molecule has 4 rings (SSSR count). The Hall–Kier alpha value is -3.35. The van der Waals surface area contributed by atoms with Crippen molar-refractivity contribution in [1.82, 2.24) is 10.6 Å². The van der Waals surface area contributed by atoms with Crippen LogP contribution >= 0.6 is 0 Å². The summed E-state index contributed by atoms with van der Waals surface area (Å²) in [5.41, 5.74) is 4.40. The SMILES string of the molecule is CC1CCCC(NC(=O)C(CC(=O)O)NC(=O)OCC2c3ccccc3-c3ccccc32)C1. The van der Waals surface area contributed by atoms with E-state index >= 15 is 0 Å². The van der Waals surface area contributed by atoms with E-state index in [-0.39, 0.29) is 18.6 Å². The van der Waals surface area contributed by atoms with Crippen LogP contribution in [0.4, 0.5) is 4.79 Å². The van der Waals surface area contributed by atoms with Gasteiger partial charge in [-0.3, -0.25) is 9.59 Å². The molecular weight excluding hydrogens is 420 g/mol. The molecule has 2 aliphatic rings. The first-order valence-electron chi connectivity index (χ1n) is 11.6. The number of hydrogen-bond acceptors (Lipinski definition) is 4. The van der Waals surface area contributed by atoms with E-state index in [1.165, 1.54) is 0 Å². The van der Waals surface area contributed by atoms with Crippen molar-refractivity contribution in [3.63, 3.8) is 0 Å². The van der Waals surface area contributed by atoms with Gasteiger partial charge in [0.15, 0.2) is 0 Å². The fourth-order valence-electron chi connectivity index (χ4n) is 5.03. The van der Waals surface area contributed by atoms with E-state index < -0.39 is 30.4 Å². The van der Waals surface area contributed by atoms with Gasteiger partial charge in [-0.05, 0) is 41.0 Å². The molecule has 174 valence electrons. The number of amides is 2. The smallest absolute Gasteiger partial charge is 0.407 e. The number of nitrogens with one attached hydrogen (secondary N) is 2. The number of carbonyl (C=O) groups excluding carboxylic acids is 2. The largest absolute Gasteiger partial charge is 0.481 e. The maximum Gasteiger partial charge on any atom is 0.407 e. The molecule has 33 heavy (non-hydrogen) atoms. The van der Waals surface area contributed by atoms with Crippen molar-refractivity contribution >= 4 is 18.0 Å². The van der Waals surface area contributed by atoms with E-state index in [1.54, 1.807) is 0 Å². The highest BCUT2D eigenvalue weighted by atomic mass is 16.5. The summed E-state index contributed by atoms with van der Waals surface area (Å²) in [6.07, 6.45) is 2.57. The fourth-order valence-corrected chi connectivity index (χ4v) is 5.03. The van der Waals surface area contributed by atoms with Crippen LogP contribution in [0.2, 0.25) is 0 Å². The van der Waals surface area contributed by atoms with Crippen molar-refractivity contribution in [3.8, 4) is 11.1 Å². The molecule has 2 aromatic rings. The lowest BCUT2D eigenvalue weighted by molar-refractivity contribution is -0.140. The van der Waals surface area contributed by atoms with E-state index in [0.29, 0.717) is 5.92 Å². The van der Waals surface area contributed by atoms with Crippen molar-refractivity contribution in [2.75, 3.05) is 6.61 Å². The van der Waals surface area contributed by atoms with Crippen molar-refractivity contribution in [1.29, 1.82) is 0 Å². The second-order valence-corrected chi connectivity index (χ2v) is 9.10. The van der Waals surface area contributed by atoms with Crippen LogP contribution in [-0.2, 0) is 14.3 Å². The van der Waals surface area contributed by atoms with Gasteiger partial charge in [0.05, 0.1) is 6.42 Å². The van der Waals surface area contributed by atoms with Gasteiger partial charge >= 0.3 is 12.1 Å². The van der Waals surface area contributed by atoms with Crippen LogP contribution in [0.5, 0.6) is 0 Å².